The van der Waals surface area contributed by atoms with Gasteiger partial charge in [-0.3, -0.25) is 9.59 Å². The monoisotopic (exact) mass is 319 g/mol. The number of amides is 2. The van der Waals surface area contributed by atoms with Crippen LogP contribution in [0.5, 0.6) is 0 Å². The highest BCUT2D eigenvalue weighted by molar-refractivity contribution is 5.99. The van der Waals surface area contributed by atoms with Gasteiger partial charge < -0.3 is 20.7 Å². The maximum Gasteiger partial charge on any atom is 0.251 e. The lowest BCUT2D eigenvalue weighted by Crippen LogP contribution is -2.34. The molecule has 0 saturated carbocycles. The molecule has 1 heterocycles. The first-order valence-electron chi connectivity index (χ1n) is 8.02. The van der Waals surface area contributed by atoms with Crippen molar-refractivity contribution in [1.29, 1.82) is 0 Å². The Morgan fingerprint density at radius 2 is 2.04 bits per heavy atom. The number of carbonyl (C=O) groups excluding carboxylic acids is 2. The maximum atomic E-state index is 12.4. The van der Waals surface area contributed by atoms with Gasteiger partial charge in [0.1, 0.15) is 0 Å². The van der Waals surface area contributed by atoms with E-state index in [0.717, 1.165) is 31.5 Å². The van der Waals surface area contributed by atoms with E-state index in [9.17, 15) is 9.59 Å². The van der Waals surface area contributed by atoms with E-state index in [0.29, 0.717) is 24.4 Å². The fraction of sp³-hybridized carbons (Fsp3) is 0.529. The van der Waals surface area contributed by atoms with Gasteiger partial charge in [0.25, 0.3) is 5.91 Å². The molecule has 126 valence electrons. The van der Waals surface area contributed by atoms with Crippen molar-refractivity contribution in [2.24, 2.45) is 5.92 Å². The highest BCUT2D eigenvalue weighted by Gasteiger charge is 2.22. The van der Waals surface area contributed by atoms with Crippen molar-refractivity contribution in [3.63, 3.8) is 0 Å². The van der Waals surface area contributed by atoms with E-state index in [1.807, 2.05) is 13.0 Å². The van der Waals surface area contributed by atoms with E-state index < -0.39 is 0 Å². The van der Waals surface area contributed by atoms with Gasteiger partial charge in [0.05, 0.1) is 6.61 Å². The summed E-state index contributed by atoms with van der Waals surface area (Å²) in [6, 6.07) is 5.38. The molecule has 2 amide bonds. The number of nitrogens with one attached hydrogen (secondary N) is 3. The number of benzene rings is 1. The third kappa shape index (κ3) is 4.77. The number of methoxy groups -OCH3 is 1. The summed E-state index contributed by atoms with van der Waals surface area (Å²) < 4.78 is 4.93. The van der Waals surface area contributed by atoms with Gasteiger partial charge >= 0.3 is 0 Å². The van der Waals surface area contributed by atoms with Gasteiger partial charge in [-0.2, -0.15) is 0 Å². The van der Waals surface area contributed by atoms with E-state index in [2.05, 4.69) is 16.0 Å². The first kappa shape index (κ1) is 17.4. The fourth-order valence-corrected chi connectivity index (χ4v) is 2.70. The molecule has 2 rings (SSSR count). The van der Waals surface area contributed by atoms with Gasteiger partial charge in [0.2, 0.25) is 5.91 Å². The predicted molar refractivity (Wildman–Crippen MR) is 89.6 cm³/mol. The summed E-state index contributed by atoms with van der Waals surface area (Å²) in [6.07, 6.45) is 1.70. The molecule has 0 bridgehead atoms. The Bertz CT molecular complexity index is 554. The minimum atomic E-state index is -0.155. The molecule has 1 fully saturated rings. The van der Waals surface area contributed by atoms with Gasteiger partial charge in [-0.25, -0.2) is 0 Å². The third-order valence-electron chi connectivity index (χ3n) is 4.14. The van der Waals surface area contributed by atoms with E-state index in [4.69, 9.17) is 4.74 Å². The molecule has 1 aliphatic heterocycles. The minimum absolute atomic E-state index is 0.0338. The molecule has 1 aromatic rings. The first-order valence-corrected chi connectivity index (χ1v) is 8.02. The van der Waals surface area contributed by atoms with Gasteiger partial charge in [0.15, 0.2) is 0 Å². The van der Waals surface area contributed by atoms with Gasteiger partial charge in [-0.15, -0.1) is 0 Å². The zero-order valence-corrected chi connectivity index (χ0v) is 13.8. The molecule has 0 aliphatic carbocycles. The van der Waals surface area contributed by atoms with Crippen LogP contribution in [0.1, 0.15) is 28.8 Å². The summed E-state index contributed by atoms with van der Waals surface area (Å²) in [5, 5.41) is 9.02. The first-order chi connectivity index (χ1) is 11.1. The lowest BCUT2D eigenvalue weighted by molar-refractivity contribution is -0.120. The van der Waals surface area contributed by atoms with E-state index in [-0.39, 0.29) is 17.7 Å². The molecule has 0 atom stereocenters. The van der Waals surface area contributed by atoms with Crippen LogP contribution in [0.2, 0.25) is 0 Å². The van der Waals surface area contributed by atoms with E-state index >= 15 is 0 Å². The molecule has 0 spiro atoms. The Labute approximate surface area is 137 Å². The van der Waals surface area contributed by atoms with Crippen LogP contribution < -0.4 is 16.0 Å². The number of carbonyl (C=O) groups is 2. The predicted octanol–water partition coefficient (Wildman–Crippen LogP) is 1.31. The number of piperidine rings is 1. The third-order valence-corrected chi connectivity index (χ3v) is 4.14. The Morgan fingerprint density at radius 3 is 2.74 bits per heavy atom. The van der Waals surface area contributed by atoms with Crippen LogP contribution in [0.4, 0.5) is 5.69 Å². The van der Waals surface area contributed by atoms with Crippen LogP contribution in [0.25, 0.3) is 0 Å². The summed E-state index contributed by atoms with van der Waals surface area (Å²) in [4.78, 5) is 24.5. The quantitative estimate of drug-likeness (QED) is 0.691. The largest absolute Gasteiger partial charge is 0.383 e. The SMILES string of the molecule is COCCNC(=O)c1cccc(NC(=O)C2CCNCC2)c1C. The van der Waals surface area contributed by atoms with Gasteiger partial charge in [-0.1, -0.05) is 6.07 Å². The summed E-state index contributed by atoms with van der Waals surface area (Å²) in [5.74, 6) is -0.0844. The van der Waals surface area contributed by atoms with Crippen molar-refractivity contribution < 1.29 is 14.3 Å². The van der Waals surface area contributed by atoms with Crippen LogP contribution in [0, 0.1) is 12.8 Å². The molecular formula is C17H25N3O3. The van der Waals surface area contributed by atoms with Crippen LogP contribution in [0.3, 0.4) is 0 Å². The number of hydrogen-bond donors (Lipinski definition) is 3. The van der Waals surface area contributed by atoms with Crippen LogP contribution in [0.15, 0.2) is 18.2 Å². The normalized spacial score (nSPS) is 15.2. The van der Waals surface area contributed by atoms with E-state index in [1.54, 1.807) is 19.2 Å². The lowest BCUT2D eigenvalue weighted by atomic mass is 9.96. The second-order valence-electron chi connectivity index (χ2n) is 5.74. The molecule has 1 aliphatic rings. The Kier molecular flexibility index (Phi) is 6.55. The standard InChI is InChI=1S/C17H25N3O3/c1-12-14(17(22)19-10-11-23-2)4-3-5-15(12)20-16(21)13-6-8-18-9-7-13/h3-5,13,18H,6-11H2,1-2H3,(H,19,22)(H,20,21). The maximum absolute atomic E-state index is 12.4. The molecule has 23 heavy (non-hydrogen) atoms. The summed E-state index contributed by atoms with van der Waals surface area (Å²) in [6.45, 7) is 4.53. The molecule has 0 unspecified atom stereocenters. The van der Waals surface area contributed by atoms with Crippen molar-refractivity contribution in [2.75, 3.05) is 38.7 Å². The molecule has 3 N–H and O–H groups in total. The van der Waals surface area contributed by atoms with Crippen molar-refractivity contribution in [3.8, 4) is 0 Å². The number of anilines is 1. The Morgan fingerprint density at radius 1 is 1.30 bits per heavy atom. The summed E-state index contributed by atoms with van der Waals surface area (Å²) >= 11 is 0. The average Bonchev–Trinajstić information content (AvgIpc) is 2.57. The van der Waals surface area contributed by atoms with Gasteiger partial charge in [-0.05, 0) is 50.6 Å². The lowest BCUT2D eigenvalue weighted by Gasteiger charge is -2.22. The van der Waals surface area contributed by atoms with Crippen molar-refractivity contribution >= 4 is 17.5 Å². The Hall–Kier alpha value is -1.92. The summed E-state index contributed by atoms with van der Waals surface area (Å²) in [5.41, 5.74) is 2.06. The molecule has 1 aromatic carbocycles. The number of rotatable bonds is 6. The second kappa shape index (κ2) is 8.64. The van der Waals surface area contributed by atoms with Crippen molar-refractivity contribution in [1.82, 2.24) is 10.6 Å². The highest BCUT2D eigenvalue weighted by atomic mass is 16.5. The smallest absolute Gasteiger partial charge is 0.251 e. The second-order valence-corrected chi connectivity index (χ2v) is 5.74. The molecule has 0 aromatic heterocycles. The molecular weight excluding hydrogens is 294 g/mol. The zero-order valence-electron chi connectivity index (χ0n) is 13.8. The van der Waals surface area contributed by atoms with Crippen molar-refractivity contribution in [2.45, 2.75) is 19.8 Å². The molecule has 0 radical (unpaired) electrons. The Balaban J connectivity index is 2.03. The van der Waals surface area contributed by atoms with Crippen molar-refractivity contribution in [3.05, 3.63) is 29.3 Å². The van der Waals surface area contributed by atoms with Gasteiger partial charge in [0, 0.05) is 30.8 Å². The molecule has 6 nitrogen and oxygen atoms in total. The van der Waals surface area contributed by atoms with Crippen LogP contribution in [-0.4, -0.2) is 45.2 Å². The van der Waals surface area contributed by atoms with Crippen LogP contribution in [-0.2, 0) is 9.53 Å². The topological polar surface area (TPSA) is 79.5 Å². The highest BCUT2D eigenvalue weighted by Crippen LogP contribution is 2.21. The number of hydrogen-bond acceptors (Lipinski definition) is 4. The minimum Gasteiger partial charge on any atom is -0.383 e. The average molecular weight is 319 g/mol. The molecule has 6 heteroatoms. The van der Waals surface area contributed by atoms with Crippen LogP contribution >= 0.6 is 0 Å². The fourth-order valence-electron chi connectivity index (χ4n) is 2.70. The van der Waals surface area contributed by atoms with E-state index in [1.165, 1.54) is 0 Å². The molecule has 1 saturated heterocycles. The summed E-state index contributed by atoms with van der Waals surface area (Å²) in [7, 11) is 1.59. The number of ether oxygens (including phenoxy) is 1. The zero-order chi connectivity index (χ0) is 16.7.